The number of carbonyl (C=O) groups excluding carboxylic acids is 1. The topological polar surface area (TPSA) is 94.4 Å². The number of likely N-dealkylation sites (tertiary alicyclic amines) is 1. The Labute approximate surface area is 186 Å². The SMILES string of the molecule is CN=NC1CCC(O)C(N=NC2=C(C)C(CN(C)C)C(=O)C([NH+]3CCCCC3)=C2C)C1. The van der Waals surface area contributed by atoms with Crippen molar-refractivity contribution in [3.63, 3.8) is 0 Å². The lowest BCUT2D eigenvalue weighted by Crippen LogP contribution is -3.12. The predicted octanol–water partition coefficient (Wildman–Crippen LogP) is 2.18. The van der Waals surface area contributed by atoms with Gasteiger partial charge in [0.15, 0.2) is 5.70 Å². The monoisotopic (exact) mass is 431 g/mol. The van der Waals surface area contributed by atoms with Crippen molar-refractivity contribution < 1.29 is 14.8 Å². The molecule has 2 aliphatic carbocycles. The fourth-order valence-electron chi connectivity index (χ4n) is 5.18. The average molecular weight is 432 g/mol. The maximum absolute atomic E-state index is 13.5. The molecule has 8 heteroatoms. The van der Waals surface area contributed by atoms with E-state index in [4.69, 9.17) is 0 Å². The number of hydrogen-bond donors (Lipinski definition) is 2. The molecule has 0 spiro atoms. The van der Waals surface area contributed by atoms with Gasteiger partial charge < -0.3 is 10.0 Å². The van der Waals surface area contributed by atoms with Crippen molar-refractivity contribution in [1.82, 2.24) is 4.90 Å². The first kappa shape index (κ1) is 23.9. The third-order valence-corrected chi connectivity index (χ3v) is 6.89. The summed E-state index contributed by atoms with van der Waals surface area (Å²) in [5.74, 6) is 0.0377. The van der Waals surface area contributed by atoms with Gasteiger partial charge in [0.05, 0.1) is 42.9 Å². The molecule has 1 saturated heterocycles. The number of nitrogens with one attached hydrogen (secondary N) is 1. The van der Waals surface area contributed by atoms with Gasteiger partial charge in [-0.1, -0.05) is 0 Å². The fraction of sp³-hybridized carbons (Fsp3) is 0.783. The molecular weight excluding hydrogens is 392 g/mol. The summed E-state index contributed by atoms with van der Waals surface area (Å²) >= 11 is 0. The van der Waals surface area contributed by atoms with Gasteiger partial charge in [-0.05, 0) is 72.0 Å². The van der Waals surface area contributed by atoms with Gasteiger partial charge >= 0.3 is 0 Å². The number of piperidine rings is 1. The average Bonchev–Trinajstić information content (AvgIpc) is 2.74. The van der Waals surface area contributed by atoms with E-state index < -0.39 is 6.10 Å². The number of ketones is 1. The highest BCUT2D eigenvalue weighted by atomic mass is 16.3. The van der Waals surface area contributed by atoms with Crippen molar-refractivity contribution in [2.24, 2.45) is 26.4 Å². The first-order valence-electron chi connectivity index (χ1n) is 11.7. The summed E-state index contributed by atoms with van der Waals surface area (Å²) in [6.45, 7) is 6.70. The highest BCUT2D eigenvalue weighted by Gasteiger charge is 2.39. The second kappa shape index (κ2) is 10.7. The molecule has 1 saturated carbocycles. The van der Waals surface area contributed by atoms with Gasteiger partial charge in [-0.2, -0.15) is 20.5 Å². The highest BCUT2D eigenvalue weighted by Crippen LogP contribution is 2.33. The van der Waals surface area contributed by atoms with Gasteiger partial charge in [0.1, 0.15) is 0 Å². The Balaban J connectivity index is 1.93. The molecule has 0 aromatic carbocycles. The molecule has 0 aromatic rings. The largest absolute Gasteiger partial charge is 0.391 e. The molecule has 8 nitrogen and oxygen atoms in total. The van der Waals surface area contributed by atoms with E-state index in [0.717, 1.165) is 54.9 Å². The van der Waals surface area contributed by atoms with E-state index in [9.17, 15) is 9.90 Å². The Morgan fingerprint density at radius 1 is 1.10 bits per heavy atom. The van der Waals surface area contributed by atoms with E-state index in [2.05, 4.69) is 25.4 Å². The molecule has 1 heterocycles. The standard InChI is InChI=1S/C23H38N6O2/c1-15-18(14-28(4)5)23(31)22(29-11-7-6-8-12-29)16(2)21(15)27-26-19-13-17(25-24-3)9-10-20(19)30/h17-20,30H,6-14H2,1-5H3/p+1. The van der Waals surface area contributed by atoms with E-state index in [1.165, 1.54) is 11.3 Å². The third kappa shape index (κ3) is 5.54. The van der Waals surface area contributed by atoms with E-state index in [0.29, 0.717) is 19.4 Å². The minimum absolute atomic E-state index is 0.0897. The van der Waals surface area contributed by atoms with Crippen LogP contribution >= 0.6 is 0 Å². The molecular formula is C23H39N6O2+. The van der Waals surface area contributed by atoms with Crippen LogP contribution < -0.4 is 4.90 Å². The summed E-state index contributed by atoms with van der Waals surface area (Å²) in [6, 6.07) is -0.195. The van der Waals surface area contributed by atoms with Crippen LogP contribution in [0.2, 0.25) is 0 Å². The van der Waals surface area contributed by atoms with Crippen LogP contribution in [0.1, 0.15) is 52.4 Å². The van der Waals surface area contributed by atoms with Gasteiger partial charge in [0.25, 0.3) is 0 Å². The molecule has 0 aromatic heterocycles. The van der Waals surface area contributed by atoms with Gasteiger partial charge in [0.2, 0.25) is 5.78 Å². The lowest BCUT2D eigenvalue weighted by Gasteiger charge is -2.33. The van der Waals surface area contributed by atoms with Crippen molar-refractivity contribution in [2.75, 3.05) is 40.8 Å². The van der Waals surface area contributed by atoms with E-state index in [1.807, 2.05) is 27.9 Å². The molecule has 4 atom stereocenters. The lowest BCUT2D eigenvalue weighted by molar-refractivity contribution is -0.862. The zero-order chi connectivity index (χ0) is 22.5. The number of azo groups is 2. The summed E-state index contributed by atoms with van der Waals surface area (Å²) in [7, 11) is 5.68. The third-order valence-electron chi connectivity index (χ3n) is 6.89. The van der Waals surface area contributed by atoms with Gasteiger partial charge in [-0.15, -0.1) is 0 Å². The number of Topliss-reactive ketones (excluding diaryl/α,β-unsaturated/α-hetero) is 1. The second-order valence-corrected chi connectivity index (χ2v) is 9.51. The van der Waals surface area contributed by atoms with E-state index in [1.54, 1.807) is 7.05 Å². The fourth-order valence-corrected chi connectivity index (χ4v) is 5.18. The molecule has 4 unspecified atom stereocenters. The summed E-state index contributed by atoms with van der Waals surface area (Å²) in [5, 5.41) is 27.9. The normalized spacial score (nSPS) is 31.6. The molecule has 31 heavy (non-hydrogen) atoms. The minimum atomic E-state index is -0.507. The summed E-state index contributed by atoms with van der Waals surface area (Å²) < 4.78 is 0. The Hall–Kier alpha value is -1.77. The number of hydrogen-bond acceptors (Lipinski definition) is 7. The Kier molecular flexibility index (Phi) is 8.24. The van der Waals surface area contributed by atoms with E-state index in [-0.39, 0.29) is 23.8 Å². The Morgan fingerprint density at radius 2 is 1.81 bits per heavy atom. The first-order valence-corrected chi connectivity index (χ1v) is 11.7. The minimum Gasteiger partial charge on any atom is -0.391 e. The number of aliphatic hydroxyl groups is 1. The molecule has 2 N–H and O–H groups in total. The molecule has 172 valence electrons. The van der Waals surface area contributed by atoms with Gasteiger partial charge in [-0.25, -0.2) is 0 Å². The molecule has 2 fully saturated rings. The number of nitrogens with zero attached hydrogens (tertiary/aromatic N) is 5. The molecule has 0 bridgehead atoms. The van der Waals surface area contributed by atoms with Crippen LogP contribution in [-0.2, 0) is 4.79 Å². The van der Waals surface area contributed by atoms with Gasteiger partial charge in [-0.3, -0.25) is 9.69 Å². The van der Waals surface area contributed by atoms with Crippen LogP contribution in [0, 0.1) is 5.92 Å². The summed E-state index contributed by atoms with van der Waals surface area (Å²) in [6.07, 6.45) is 5.17. The number of quaternary nitrogens is 1. The summed E-state index contributed by atoms with van der Waals surface area (Å²) in [4.78, 5) is 16.9. The van der Waals surface area contributed by atoms with Crippen molar-refractivity contribution >= 4 is 5.78 Å². The van der Waals surface area contributed by atoms with Crippen molar-refractivity contribution in [1.29, 1.82) is 0 Å². The molecule has 1 aliphatic heterocycles. The van der Waals surface area contributed by atoms with Crippen LogP contribution in [0.5, 0.6) is 0 Å². The second-order valence-electron chi connectivity index (χ2n) is 9.51. The predicted molar refractivity (Wildman–Crippen MR) is 120 cm³/mol. The van der Waals surface area contributed by atoms with Crippen LogP contribution in [0.3, 0.4) is 0 Å². The van der Waals surface area contributed by atoms with Crippen molar-refractivity contribution in [3.8, 4) is 0 Å². The van der Waals surface area contributed by atoms with Crippen LogP contribution in [0.4, 0.5) is 0 Å². The highest BCUT2D eigenvalue weighted by molar-refractivity contribution is 5.99. The number of rotatable bonds is 6. The Bertz CT molecular complexity index is 779. The number of aliphatic hydroxyl groups excluding tert-OH is 1. The van der Waals surface area contributed by atoms with Gasteiger partial charge in [0, 0.05) is 19.2 Å². The zero-order valence-corrected chi connectivity index (χ0v) is 19.8. The quantitative estimate of drug-likeness (QED) is 0.631. The van der Waals surface area contributed by atoms with Crippen molar-refractivity contribution in [2.45, 2.75) is 70.6 Å². The molecule has 0 radical (unpaired) electrons. The first-order chi connectivity index (χ1) is 14.8. The number of carbonyl (C=O) groups is 1. The van der Waals surface area contributed by atoms with Crippen LogP contribution in [-0.4, -0.2) is 74.8 Å². The summed E-state index contributed by atoms with van der Waals surface area (Å²) in [5.41, 5.74) is 3.65. The lowest BCUT2D eigenvalue weighted by atomic mass is 9.83. The number of allylic oxidation sites excluding steroid dienone is 2. The molecule has 3 aliphatic rings. The maximum Gasteiger partial charge on any atom is 0.224 e. The Morgan fingerprint density at radius 3 is 2.45 bits per heavy atom. The maximum atomic E-state index is 13.5. The molecule has 0 amide bonds. The van der Waals surface area contributed by atoms with E-state index >= 15 is 0 Å². The molecule has 3 rings (SSSR count). The zero-order valence-electron chi connectivity index (χ0n) is 19.8. The van der Waals surface area contributed by atoms with Crippen LogP contribution in [0.25, 0.3) is 0 Å². The smallest absolute Gasteiger partial charge is 0.224 e. The van der Waals surface area contributed by atoms with Crippen LogP contribution in [0.15, 0.2) is 43.0 Å². The van der Waals surface area contributed by atoms with Crippen molar-refractivity contribution in [3.05, 3.63) is 22.5 Å².